The molecule has 0 aromatic carbocycles. The van der Waals surface area contributed by atoms with Crippen LogP contribution in [0, 0.1) is 0 Å². The van der Waals surface area contributed by atoms with E-state index >= 15 is 0 Å². The van der Waals surface area contributed by atoms with Crippen LogP contribution in [0.2, 0.25) is 0 Å². The number of hydrogen-bond donors (Lipinski definition) is 1. The first-order chi connectivity index (χ1) is 10.3. The number of hydrogen-bond acceptors (Lipinski definition) is 4. The number of ether oxygens (including phenoxy) is 2. The lowest BCUT2D eigenvalue weighted by Crippen LogP contribution is -2.50. The summed E-state index contributed by atoms with van der Waals surface area (Å²) in [7, 11) is 0. The van der Waals surface area contributed by atoms with Crippen LogP contribution in [0.3, 0.4) is 0 Å². The van der Waals surface area contributed by atoms with Gasteiger partial charge in [-0.1, -0.05) is 12.2 Å². The third kappa shape index (κ3) is 7.80. The molecule has 22 heavy (non-hydrogen) atoms. The summed E-state index contributed by atoms with van der Waals surface area (Å²) in [6.07, 6.45) is 3.05. The van der Waals surface area contributed by atoms with Gasteiger partial charge in [0.2, 0.25) is 0 Å². The molecule has 128 valence electrons. The molecule has 0 radical (unpaired) electrons. The second kappa shape index (κ2) is 9.16. The van der Waals surface area contributed by atoms with E-state index < -0.39 is 5.60 Å². The Morgan fingerprint density at radius 3 is 2.73 bits per heavy atom. The van der Waals surface area contributed by atoms with Crippen molar-refractivity contribution >= 4 is 6.09 Å². The second-order valence-corrected chi connectivity index (χ2v) is 7.04. The lowest BCUT2D eigenvalue weighted by molar-refractivity contribution is 0.00980. The van der Waals surface area contributed by atoms with Crippen molar-refractivity contribution in [3.63, 3.8) is 0 Å². The van der Waals surface area contributed by atoms with Crippen LogP contribution in [0.15, 0.2) is 12.2 Å². The Labute approximate surface area is 135 Å². The minimum absolute atomic E-state index is 0.197. The summed E-state index contributed by atoms with van der Waals surface area (Å²) in [6, 6.07) is 0.213. The number of amides is 1. The van der Waals surface area contributed by atoms with Gasteiger partial charge in [0, 0.05) is 25.7 Å². The van der Waals surface area contributed by atoms with E-state index in [1.54, 1.807) is 0 Å². The van der Waals surface area contributed by atoms with Crippen LogP contribution in [-0.4, -0.2) is 55.5 Å². The Balaban J connectivity index is 2.32. The number of rotatable bonds is 7. The molecular weight excluding hydrogens is 280 g/mol. The number of carbonyl (C=O) groups excluding carboxylic acids is 1. The number of likely N-dealkylation sites (tertiary alicyclic amines) is 1. The minimum Gasteiger partial charge on any atom is -0.444 e. The minimum atomic E-state index is -0.442. The van der Waals surface area contributed by atoms with E-state index in [0.717, 1.165) is 44.5 Å². The summed E-state index contributed by atoms with van der Waals surface area (Å²) in [6.45, 7) is 15.1. The fourth-order valence-corrected chi connectivity index (χ4v) is 2.43. The van der Waals surface area contributed by atoms with Crippen LogP contribution in [-0.2, 0) is 9.47 Å². The van der Waals surface area contributed by atoms with Gasteiger partial charge in [-0.15, -0.1) is 0 Å². The highest BCUT2D eigenvalue weighted by Crippen LogP contribution is 2.19. The molecule has 1 amide bonds. The van der Waals surface area contributed by atoms with Crippen molar-refractivity contribution < 1.29 is 14.3 Å². The zero-order valence-corrected chi connectivity index (χ0v) is 14.6. The fraction of sp³-hybridized carbons (Fsp3) is 0.824. The van der Waals surface area contributed by atoms with Crippen molar-refractivity contribution in [3.8, 4) is 0 Å². The summed E-state index contributed by atoms with van der Waals surface area (Å²) in [5.74, 6) is 0. The van der Waals surface area contributed by atoms with Crippen molar-refractivity contribution in [1.29, 1.82) is 0 Å². The SMILES string of the molecule is C=C(C)COCCNCC1CCCCN1C(=O)OC(C)(C)C. The molecular formula is C17H32N2O3. The van der Waals surface area contributed by atoms with Gasteiger partial charge >= 0.3 is 6.09 Å². The van der Waals surface area contributed by atoms with E-state index in [1.165, 1.54) is 0 Å². The number of nitrogens with zero attached hydrogens (tertiary/aromatic N) is 1. The quantitative estimate of drug-likeness (QED) is 0.580. The zero-order chi connectivity index (χ0) is 16.6. The number of carbonyl (C=O) groups is 1. The molecule has 1 fully saturated rings. The van der Waals surface area contributed by atoms with Gasteiger partial charge < -0.3 is 19.7 Å². The van der Waals surface area contributed by atoms with Crippen LogP contribution >= 0.6 is 0 Å². The first-order valence-electron chi connectivity index (χ1n) is 8.22. The van der Waals surface area contributed by atoms with Crippen LogP contribution in [0.4, 0.5) is 4.79 Å². The normalized spacial score (nSPS) is 19.1. The smallest absolute Gasteiger partial charge is 0.410 e. The first kappa shape index (κ1) is 19.0. The Morgan fingerprint density at radius 2 is 2.09 bits per heavy atom. The average molecular weight is 312 g/mol. The molecule has 5 nitrogen and oxygen atoms in total. The summed E-state index contributed by atoms with van der Waals surface area (Å²) in [4.78, 5) is 14.1. The van der Waals surface area contributed by atoms with Gasteiger partial charge in [-0.05, 0) is 47.0 Å². The van der Waals surface area contributed by atoms with Gasteiger partial charge in [-0.25, -0.2) is 4.79 Å². The third-order valence-corrected chi connectivity index (χ3v) is 3.41. The van der Waals surface area contributed by atoms with Crippen LogP contribution in [0.25, 0.3) is 0 Å². The van der Waals surface area contributed by atoms with E-state index in [2.05, 4.69) is 11.9 Å². The zero-order valence-electron chi connectivity index (χ0n) is 14.6. The van der Waals surface area contributed by atoms with Crippen molar-refractivity contribution in [3.05, 3.63) is 12.2 Å². The first-order valence-corrected chi connectivity index (χ1v) is 8.22. The summed E-state index contributed by atoms with van der Waals surface area (Å²) >= 11 is 0. The lowest BCUT2D eigenvalue weighted by Gasteiger charge is -2.36. The van der Waals surface area contributed by atoms with Crippen molar-refractivity contribution in [2.24, 2.45) is 0 Å². The maximum atomic E-state index is 12.3. The predicted octanol–water partition coefficient (Wildman–Crippen LogP) is 2.96. The summed E-state index contributed by atoms with van der Waals surface area (Å²) in [5.41, 5.74) is 0.589. The maximum Gasteiger partial charge on any atom is 0.410 e. The van der Waals surface area contributed by atoms with Crippen molar-refractivity contribution in [2.45, 2.75) is 58.6 Å². The molecule has 5 heteroatoms. The standard InChI is InChI=1S/C17H32N2O3/c1-14(2)13-21-11-9-18-12-15-8-6-7-10-19(15)16(20)22-17(3,4)5/h15,18H,1,6-13H2,2-5H3. The van der Waals surface area contributed by atoms with Crippen LogP contribution in [0.1, 0.15) is 47.0 Å². The lowest BCUT2D eigenvalue weighted by atomic mass is 10.0. The molecule has 1 saturated heterocycles. The molecule has 0 aromatic heterocycles. The average Bonchev–Trinajstić information content (AvgIpc) is 2.41. The summed E-state index contributed by atoms with van der Waals surface area (Å²) < 4.78 is 11.0. The number of nitrogens with one attached hydrogen (secondary N) is 1. The van der Waals surface area contributed by atoms with E-state index in [-0.39, 0.29) is 12.1 Å². The molecule has 0 aliphatic carbocycles. The van der Waals surface area contributed by atoms with Crippen molar-refractivity contribution in [2.75, 3.05) is 32.8 Å². The molecule has 0 aromatic rings. The topological polar surface area (TPSA) is 50.8 Å². The Hall–Kier alpha value is -1.07. The van der Waals surface area contributed by atoms with Gasteiger partial charge in [0.15, 0.2) is 0 Å². The molecule has 1 heterocycles. The molecule has 1 N–H and O–H groups in total. The number of piperidine rings is 1. The van der Waals surface area contributed by atoms with Gasteiger partial charge in [0.05, 0.1) is 13.2 Å². The van der Waals surface area contributed by atoms with Crippen LogP contribution < -0.4 is 5.32 Å². The molecule has 0 saturated carbocycles. The fourth-order valence-electron chi connectivity index (χ4n) is 2.43. The molecule has 1 atom stereocenters. The van der Waals surface area contributed by atoms with Gasteiger partial charge in [0.25, 0.3) is 0 Å². The predicted molar refractivity (Wildman–Crippen MR) is 89.1 cm³/mol. The molecule has 0 spiro atoms. The van der Waals surface area contributed by atoms with E-state index in [1.807, 2.05) is 32.6 Å². The van der Waals surface area contributed by atoms with Gasteiger partial charge in [0.1, 0.15) is 5.60 Å². The van der Waals surface area contributed by atoms with Gasteiger partial charge in [-0.2, -0.15) is 0 Å². The highest BCUT2D eigenvalue weighted by Gasteiger charge is 2.29. The van der Waals surface area contributed by atoms with Crippen molar-refractivity contribution in [1.82, 2.24) is 10.2 Å². The Bertz CT molecular complexity index is 363. The monoisotopic (exact) mass is 312 g/mol. The largest absolute Gasteiger partial charge is 0.444 e. The highest BCUT2D eigenvalue weighted by molar-refractivity contribution is 5.68. The van der Waals surface area contributed by atoms with E-state index in [0.29, 0.717) is 13.2 Å². The van der Waals surface area contributed by atoms with Crippen LogP contribution in [0.5, 0.6) is 0 Å². The maximum absolute atomic E-state index is 12.3. The highest BCUT2D eigenvalue weighted by atomic mass is 16.6. The molecule has 1 aliphatic rings. The Morgan fingerprint density at radius 1 is 1.36 bits per heavy atom. The van der Waals surface area contributed by atoms with Gasteiger partial charge in [-0.3, -0.25) is 0 Å². The van der Waals surface area contributed by atoms with E-state index in [9.17, 15) is 4.79 Å². The summed E-state index contributed by atoms with van der Waals surface area (Å²) in [5, 5.41) is 3.37. The molecule has 0 bridgehead atoms. The second-order valence-electron chi connectivity index (χ2n) is 7.04. The molecule has 1 aliphatic heterocycles. The van der Waals surface area contributed by atoms with E-state index in [4.69, 9.17) is 9.47 Å². The Kier molecular flexibility index (Phi) is 7.90. The molecule has 1 unspecified atom stereocenters. The molecule has 1 rings (SSSR count). The third-order valence-electron chi connectivity index (χ3n) is 3.41.